The largest absolute Gasteiger partial charge is 0.452 e. The molecule has 0 atom stereocenters. The van der Waals surface area contributed by atoms with Crippen LogP contribution in [0.1, 0.15) is 19.8 Å². The van der Waals surface area contributed by atoms with E-state index in [-0.39, 0.29) is 5.41 Å². The smallest absolute Gasteiger partial charge is 0.245 e. The van der Waals surface area contributed by atoms with Gasteiger partial charge in [0.05, 0.1) is 11.8 Å². The van der Waals surface area contributed by atoms with Gasteiger partial charge < -0.3 is 15.1 Å². The Morgan fingerprint density at radius 1 is 1.50 bits per heavy atom. The molecule has 0 aliphatic carbocycles. The monoisotopic (exact) mass is 295 g/mol. The van der Waals surface area contributed by atoms with Crippen molar-refractivity contribution in [3.05, 3.63) is 17.5 Å². The Kier molecular flexibility index (Phi) is 3.43. The lowest BCUT2D eigenvalue weighted by molar-refractivity contribution is 0.257. The molecule has 0 spiro atoms. The van der Waals surface area contributed by atoms with Gasteiger partial charge in [-0.15, -0.1) is 5.10 Å². The third kappa shape index (κ3) is 2.41. The van der Waals surface area contributed by atoms with Crippen LogP contribution in [0.2, 0.25) is 5.22 Å². The second-order valence-corrected chi connectivity index (χ2v) is 5.94. The number of nitrogens with one attached hydrogen (secondary N) is 1. The lowest BCUT2D eigenvalue weighted by atomic mass is 9.81. The molecule has 1 fully saturated rings. The highest BCUT2D eigenvalue weighted by Crippen LogP contribution is 2.32. The fraction of sp³-hybridized carbons (Fsp3) is 0.538. The first kappa shape index (κ1) is 13.5. The van der Waals surface area contributed by atoms with E-state index >= 15 is 0 Å². The number of anilines is 1. The molecule has 6 nitrogen and oxygen atoms in total. The van der Waals surface area contributed by atoms with E-state index in [1.54, 1.807) is 6.07 Å². The first-order valence-corrected chi connectivity index (χ1v) is 7.10. The summed E-state index contributed by atoms with van der Waals surface area (Å²) in [4.78, 5) is 6.67. The minimum Gasteiger partial charge on any atom is -0.452 e. The predicted octanol–water partition coefficient (Wildman–Crippen LogP) is 2.28. The number of rotatable bonds is 3. The Labute approximate surface area is 122 Å². The van der Waals surface area contributed by atoms with Crippen LogP contribution in [0.15, 0.2) is 16.7 Å². The summed E-state index contributed by atoms with van der Waals surface area (Å²) in [5.74, 6) is 1.34. The molecule has 7 heteroatoms. The topological polar surface area (TPSA) is 84.0 Å². The van der Waals surface area contributed by atoms with Crippen molar-refractivity contribution in [1.82, 2.24) is 15.2 Å². The molecule has 3 heterocycles. The molecule has 0 saturated carbocycles. The number of nitrogens with two attached hydrogens (primary N) is 1. The number of hydrogen-bond donors (Lipinski definition) is 2. The number of nitrogens with zero attached hydrogens (tertiary/aromatic N) is 3. The average molecular weight is 296 g/mol. The van der Waals surface area contributed by atoms with E-state index in [2.05, 4.69) is 27.0 Å². The van der Waals surface area contributed by atoms with Gasteiger partial charge in [-0.25, -0.2) is 0 Å². The third-order valence-electron chi connectivity index (χ3n) is 4.09. The molecule has 1 aliphatic rings. The molecule has 108 valence electrons. The quantitative estimate of drug-likeness (QED) is 0.907. The van der Waals surface area contributed by atoms with Crippen molar-refractivity contribution in [3.63, 3.8) is 0 Å². The summed E-state index contributed by atoms with van der Waals surface area (Å²) >= 11 is 5.94. The third-order valence-corrected chi connectivity index (χ3v) is 4.39. The summed E-state index contributed by atoms with van der Waals surface area (Å²) in [6.45, 7) is 4.80. The zero-order chi connectivity index (χ0) is 14.2. The molecule has 0 unspecified atom stereocenters. The number of aromatic nitrogens is 3. The normalized spacial score (nSPS) is 18.4. The van der Waals surface area contributed by atoms with Gasteiger partial charge in [0, 0.05) is 13.1 Å². The summed E-state index contributed by atoms with van der Waals surface area (Å²) in [7, 11) is 0. The van der Waals surface area contributed by atoms with Crippen LogP contribution in [-0.2, 0) is 0 Å². The first-order valence-electron chi connectivity index (χ1n) is 6.72. The van der Waals surface area contributed by atoms with Gasteiger partial charge in [-0.2, -0.15) is 4.98 Å². The molecule has 3 rings (SSSR count). The maximum Gasteiger partial charge on any atom is 0.245 e. The van der Waals surface area contributed by atoms with Gasteiger partial charge in [0.15, 0.2) is 5.82 Å². The van der Waals surface area contributed by atoms with Crippen molar-refractivity contribution in [1.29, 1.82) is 0 Å². The highest BCUT2D eigenvalue weighted by atomic mass is 35.5. The number of H-pyrrole nitrogens is 1. The Hall–Kier alpha value is -1.53. The minimum atomic E-state index is 0.240. The number of piperidine rings is 1. The number of hydrogen-bond acceptors (Lipinski definition) is 5. The Morgan fingerprint density at radius 3 is 2.85 bits per heavy atom. The van der Waals surface area contributed by atoms with Crippen LogP contribution in [0.4, 0.5) is 5.95 Å². The molecule has 0 bridgehead atoms. The van der Waals surface area contributed by atoms with Crippen LogP contribution in [0.25, 0.3) is 11.4 Å². The Morgan fingerprint density at radius 2 is 2.25 bits per heavy atom. The first-order chi connectivity index (χ1) is 9.61. The van der Waals surface area contributed by atoms with Crippen LogP contribution in [-0.4, -0.2) is 34.8 Å². The fourth-order valence-electron chi connectivity index (χ4n) is 2.43. The van der Waals surface area contributed by atoms with Gasteiger partial charge in [0.2, 0.25) is 11.2 Å². The Balaban J connectivity index is 1.74. The van der Waals surface area contributed by atoms with E-state index in [0.29, 0.717) is 17.0 Å². The maximum atomic E-state index is 5.94. The van der Waals surface area contributed by atoms with Crippen molar-refractivity contribution < 1.29 is 4.42 Å². The van der Waals surface area contributed by atoms with Crippen LogP contribution in [0, 0.1) is 5.41 Å². The van der Waals surface area contributed by atoms with Crippen LogP contribution < -0.4 is 10.6 Å². The molecule has 20 heavy (non-hydrogen) atoms. The van der Waals surface area contributed by atoms with Gasteiger partial charge in [0.1, 0.15) is 0 Å². The Bertz CT molecular complexity index is 585. The highest BCUT2D eigenvalue weighted by molar-refractivity contribution is 6.31. The molecule has 1 aliphatic heterocycles. The standard InChI is InChI=1S/C13H18ClN5O/c1-13(8-15)3-5-19(6-4-13)12-16-11(17-18-12)9-2-7-20-10(9)14/h2,7H,3-6,8,15H2,1H3,(H,16,17,18). The number of aromatic amines is 1. The van der Waals surface area contributed by atoms with Crippen LogP contribution in [0.3, 0.4) is 0 Å². The molecule has 0 radical (unpaired) electrons. The molecule has 0 amide bonds. The fourth-order valence-corrected chi connectivity index (χ4v) is 2.63. The van der Waals surface area contributed by atoms with E-state index < -0.39 is 0 Å². The minimum absolute atomic E-state index is 0.240. The highest BCUT2D eigenvalue weighted by Gasteiger charge is 2.30. The summed E-state index contributed by atoms with van der Waals surface area (Å²) in [6, 6.07) is 1.77. The van der Waals surface area contributed by atoms with Crippen molar-refractivity contribution in [3.8, 4) is 11.4 Å². The van der Waals surface area contributed by atoms with Crippen molar-refractivity contribution in [2.75, 3.05) is 24.5 Å². The van der Waals surface area contributed by atoms with Crippen LogP contribution >= 0.6 is 11.6 Å². The maximum absolute atomic E-state index is 5.94. The molecule has 2 aromatic heterocycles. The zero-order valence-electron chi connectivity index (χ0n) is 11.4. The van der Waals surface area contributed by atoms with Crippen molar-refractivity contribution in [2.24, 2.45) is 11.1 Å². The van der Waals surface area contributed by atoms with E-state index in [1.165, 1.54) is 6.26 Å². The van der Waals surface area contributed by atoms with Gasteiger partial charge in [-0.05, 0) is 42.5 Å². The van der Waals surface area contributed by atoms with E-state index in [1.807, 2.05) is 0 Å². The van der Waals surface area contributed by atoms with Gasteiger partial charge >= 0.3 is 0 Å². The van der Waals surface area contributed by atoms with E-state index in [4.69, 9.17) is 21.8 Å². The summed E-state index contributed by atoms with van der Waals surface area (Å²) in [6.07, 6.45) is 3.65. The summed E-state index contributed by atoms with van der Waals surface area (Å²) in [5.41, 5.74) is 6.80. The number of halogens is 1. The summed E-state index contributed by atoms with van der Waals surface area (Å²) in [5, 5.41) is 7.50. The lowest BCUT2D eigenvalue weighted by Gasteiger charge is -2.38. The molecule has 0 aromatic carbocycles. The molecule has 1 saturated heterocycles. The molecular formula is C13H18ClN5O. The zero-order valence-corrected chi connectivity index (χ0v) is 12.2. The van der Waals surface area contributed by atoms with E-state index in [0.717, 1.165) is 38.0 Å². The van der Waals surface area contributed by atoms with Gasteiger partial charge in [0.25, 0.3) is 0 Å². The second-order valence-electron chi connectivity index (χ2n) is 5.59. The van der Waals surface area contributed by atoms with Crippen LogP contribution in [0.5, 0.6) is 0 Å². The molecule has 2 aromatic rings. The van der Waals surface area contributed by atoms with Gasteiger partial charge in [-0.1, -0.05) is 6.92 Å². The average Bonchev–Trinajstić information content (AvgIpc) is 3.08. The van der Waals surface area contributed by atoms with Crippen molar-refractivity contribution in [2.45, 2.75) is 19.8 Å². The van der Waals surface area contributed by atoms with Crippen molar-refractivity contribution >= 4 is 17.5 Å². The number of furan rings is 1. The second kappa shape index (κ2) is 5.10. The van der Waals surface area contributed by atoms with E-state index in [9.17, 15) is 0 Å². The lowest BCUT2D eigenvalue weighted by Crippen LogP contribution is -2.42. The van der Waals surface area contributed by atoms with Gasteiger partial charge in [-0.3, -0.25) is 5.10 Å². The summed E-state index contributed by atoms with van der Waals surface area (Å²) < 4.78 is 5.07. The SMILES string of the molecule is CC1(CN)CCN(c2n[nH]c(-c3ccoc3Cl)n2)CC1. The molecule has 3 N–H and O–H groups in total. The predicted molar refractivity (Wildman–Crippen MR) is 77.7 cm³/mol. The molecular weight excluding hydrogens is 278 g/mol.